The molecule has 3 N–H and O–H groups in total. The number of rotatable bonds is 5. The zero-order chi connectivity index (χ0) is 18.0. The number of benzene rings is 2. The summed E-state index contributed by atoms with van der Waals surface area (Å²) in [4.78, 5) is 4.10. The number of methoxy groups -OCH3 is 1. The van der Waals surface area contributed by atoms with Gasteiger partial charge in [-0.05, 0) is 23.3 Å². The number of ether oxygens (including phenoxy) is 1. The summed E-state index contributed by atoms with van der Waals surface area (Å²) in [5, 5.41) is 5.57. The number of fused-ring (bicyclic) bond motifs is 1. The number of hydrogen-bond acceptors (Lipinski definition) is 4. The third-order valence-electron chi connectivity index (χ3n) is 3.75. The number of halogens is 1. The average molecular weight is 361 g/mol. The Morgan fingerprint density at radius 2 is 1.92 bits per heavy atom. The average Bonchev–Trinajstić information content (AvgIpc) is 2.59. The van der Waals surface area contributed by atoms with Crippen molar-refractivity contribution in [3.63, 3.8) is 0 Å². The fourth-order valence-corrected chi connectivity index (χ4v) is 2.91. The third kappa shape index (κ3) is 3.93. The fraction of sp³-hybridized carbons (Fsp3) is 0.118. The maximum atomic E-state index is 14.4. The standard InChI is InChI=1S/C17H16FN3O3S/c1-24-13-6-7-14-16(8-13)20-10-15(18)17(14)12-4-2-11(3-5-12)9-21-25(19,22)23/h2-8,10,21H,9H2,1H3,(H2,19,22,23). The third-order valence-corrected chi connectivity index (χ3v) is 4.30. The normalized spacial score (nSPS) is 11.6. The molecule has 2 aromatic carbocycles. The summed E-state index contributed by atoms with van der Waals surface area (Å²) in [6, 6.07) is 12.1. The molecular formula is C17H16FN3O3S. The van der Waals surface area contributed by atoms with E-state index in [1.54, 1.807) is 49.6 Å². The molecule has 3 rings (SSSR count). The minimum atomic E-state index is -3.76. The van der Waals surface area contributed by atoms with E-state index in [-0.39, 0.29) is 6.54 Å². The summed E-state index contributed by atoms with van der Waals surface area (Å²) in [6.45, 7) is 0.0654. The molecule has 0 unspecified atom stereocenters. The van der Waals surface area contributed by atoms with Gasteiger partial charge in [-0.3, -0.25) is 4.98 Å². The number of nitrogens with zero attached hydrogens (tertiary/aromatic N) is 1. The van der Waals surface area contributed by atoms with Crippen molar-refractivity contribution >= 4 is 21.1 Å². The highest BCUT2D eigenvalue weighted by molar-refractivity contribution is 7.87. The first-order chi connectivity index (χ1) is 11.9. The Kier molecular flexibility index (Phi) is 4.67. The van der Waals surface area contributed by atoms with Gasteiger partial charge in [0, 0.05) is 23.6 Å². The number of aromatic nitrogens is 1. The van der Waals surface area contributed by atoms with Crippen molar-refractivity contribution in [1.29, 1.82) is 0 Å². The van der Waals surface area contributed by atoms with E-state index in [1.807, 2.05) is 0 Å². The summed E-state index contributed by atoms with van der Waals surface area (Å²) in [5.74, 6) is 0.204. The van der Waals surface area contributed by atoms with Crippen LogP contribution in [-0.2, 0) is 16.8 Å². The van der Waals surface area contributed by atoms with Crippen LogP contribution in [0.3, 0.4) is 0 Å². The highest BCUT2D eigenvalue weighted by Crippen LogP contribution is 2.32. The van der Waals surface area contributed by atoms with Crippen LogP contribution in [0.5, 0.6) is 5.75 Å². The Hall–Kier alpha value is -2.55. The van der Waals surface area contributed by atoms with Gasteiger partial charge in [0.05, 0.1) is 18.8 Å². The molecule has 0 aliphatic heterocycles. The van der Waals surface area contributed by atoms with E-state index < -0.39 is 16.0 Å². The van der Waals surface area contributed by atoms with E-state index in [1.165, 1.54) is 6.20 Å². The van der Waals surface area contributed by atoms with Crippen LogP contribution in [0.25, 0.3) is 22.0 Å². The molecule has 3 aromatic rings. The largest absolute Gasteiger partial charge is 0.497 e. The highest BCUT2D eigenvalue weighted by atomic mass is 32.2. The van der Waals surface area contributed by atoms with E-state index >= 15 is 0 Å². The molecule has 0 spiro atoms. The molecule has 0 amide bonds. The first-order valence-corrected chi connectivity index (χ1v) is 8.91. The van der Waals surface area contributed by atoms with Gasteiger partial charge >= 0.3 is 0 Å². The lowest BCUT2D eigenvalue weighted by Gasteiger charge is -2.10. The molecule has 1 aromatic heterocycles. The lowest BCUT2D eigenvalue weighted by atomic mass is 9.99. The van der Waals surface area contributed by atoms with E-state index in [0.717, 1.165) is 0 Å². The summed E-state index contributed by atoms with van der Waals surface area (Å²) in [6.07, 6.45) is 1.17. The zero-order valence-electron chi connectivity index (χ0n) is 13.4. The van der Waals surface area contributed by atoms with Crippen LogP contribution in [0.2, 0.25) is 0 Å². The van der Waals surface area contributed by atoms with Crippen molar-refractivity contribution in [1.82, 2.24) is 9.71 Å². The van der Waals surface area contributed by atoms with E-state index in [9.17, 15) is 12.8 Å². The molecule has 0 bridgehead atoms. The van der Waals surface area contributed by atoms with Crippen LogP contribution in [0.15, 0.2) is 48.7 Å². The molecule has 0 radical (unpaired) electrons. The maximum absolute atomic E-state index is 14.4. The smallest absolute Gasteiger partial charge is 0.274 e. The van der Waals surface area contributed by atoms with Gasteiger partial charge in [0.1, 0.15) is 11.6 Å². The molecule has 0 saturated heterocycles. The molecule has 0 aliphatic rings. The Bertz CT molecular complexity index is 1020. The Labute approximate surface area is 144 Å². The molecular weight excluding hydrogens is 345 g/mol. The van der Waals surface area contributed by atoms with E-state index in [2.05, 4.69) is 9.71 Å². The number of pyridine rings is 1. The topological polar surface area (TPSA) is 94.3 Å². The van der Waals surface area contributed by atoms with Crippen LogP contribution in [0.1, 0.15) is 5.56 Å². The van der Waals surface area contributed by atoms with Crippen molar-refractivity contribution in [3.05, 3.63) is 60.0 Å². The SMILES string of the molecule is COc1ccc2c(-c3ccc(CNS(N)(=O)=O)cc3)c(F)cnc2c1. The van der Waals surface area contributed by atoms with Crippen molar-refractivity contribution in [2.45, 2.75) is 6.54 Å². The molecule has 6 nitrogen and oxygen atoms in total. The van der Waals surface area contributed by atoms with Crippen LogP contribution in [0.4, 0.5) is 4.39 Å². The molecule has 0 fully saturated rings. The molecule has 8 heteroatoms. The van der Waals surface area contributed by atoms with Crippen molar-refractivity contribution < 1.29 is 17.5 Å². The second kappa shape index (κ2) is 6.75. The van der Waals surface area contributed by atoms with Gasteiger partial charge in [-0.15, -0.1) is 0 Å². The lowest BCUT2D eigenvalue weighted by Crippen LogP contribution is -2.30. The monoisotopic (exact) mass is 361 g/mol. The van der Waals surface area contributed by atoms with Gasteiger partial charge in [0.15, 0.2) is 0 Å². The maximum Gasteiger partial charge on any atom is 0.274 e. The Morgan fingerprint density at radius 3 is 2.56 bits per heavy atom. The summed E-state index contributed by atoms with van der Waals surface area (Å²) < 4.78 is 43.6. The second-order valence-corrected chi connectivity index (χ2v) is 6.81. The quantitative estimate of drug-likeness (QED) is 0.729. The molecule has 25 heavy (non-hydrogen) atoms. The van der Waals surface area contributed by atoms with Crippen LogP contribution in [-0.4, -0.2) is 20.5 Å². The van der Waals surface area contributed by atoms with Crippen molar-refractivity contribution in [2.75, 3.05) is 7.11 Å². The lowest BCUT2D eigenvalue weighted by molar-refractivity contribution is 0.415. The summed E-state index contributed by atoms with van der Waals surface area (Å²) in [7, 11) is -2.20. The van der Waals surface area contributed by atoms with Gasteiger partial charge in [0.25, 0.3) is 10.2 Å². The first-order valence-electron chi connectivity index (χ1n) is 7.36. The molecule has 130 valence electrons. The van der Waals surface area contributed by atoms with E-state index in [4.69, 9.17) is 9.88 Å². The Balaban J connectivity index is 1.99. The molecule has 0 atom stereocenters. The van der Waals surface area contributed by atoms with Crippen LogP contribution < -0.4 is 14.6 Å². The zero-order valence-corrected chi connectivity index (χ0v) is 14.2. The minimum Gasteiger partial charge on any atom is -0.497 e. The second-order valence-electron chi connectivity index (χ2n) is 5.43. The molecule has 0 aliphatic carbocycles. The van der Waals surface area contributed by atoms with E-state index in [0.29, 0.717) is 33.3 Å². The van der Waals surface area contributed by atoms with Crippen LogP contribution in [0, 0.1) is 5.82 Å². The fourth-order valence-electron chi connectivity index (χ4n) is 2.54. The van der Waals surface area contributed by atoms with Gasteiger partial charge in [-0.25, -0.2) is 9.53 Å². The number of hydrogen-bond donors (Lipinski definition) is 2. The van der Waals surface area contributed by atoms with Gasteiger partial charge in [-0.2, -0.15) is 13.1 Å². The Morgan fingerprint density at radius 1 is 1.20 bits per heavy atom. The minimum absolute atomic E-state index is 0.0654. The van der Waals surface area contributed by atoms with Gasteiger partial charge in [-0.1, -0.05) is 24.3 Å². The summed E-state index contributed by atoms with van der Waals surface area (Å²) >= 11 is 0. The first kappa shape index (κ1) is 17.3. The summed E-state index contributed by atoms with van der Waals surface area (Å²) in [5.41, 5.74) is 2.42. The predicted octanol–water partition coefficient (Wildman–Crippen LogP) is 2.34. The van der Waals surface area contributed by atoms with Crippen molar-refractivity contribution in [2.24, 2.45) is 5.14 Å². The van der Waals surface area contributed by atoms with Crippen LogP contribution >= 0.6 is 0 Å². The van der Waals surface area contributed by atoms with Crippen molar-refractivity contribution in [3.8, 4) is 16.9 Å². The van der Waals surface area contributed by atoms with Gasteiger partial charge < -0.3 is 4.74 Å². The molecule has 1 heterocycles. The number of nitrogens with one attached hydrogen (secondary N) is 1. The predicted molar refractivity (Wildman–Crippen MR) is 93.6 cm³/mol. The molecule has 0 saturated carbocycles. The highest BCUT2D eigenvalue weighted by Gasteiger charge is 2.12. The van der Waals surface area contributed by atoms with Gasteiger partial charge in [0.2, 0.25) is 0 Å². The number of nitrogens with two attached hydrogens (primary N) is 1.